The monoisotopic (exact) mass is 211 g/mol. The zero-order chi connectivity index (χ0) is 6.85. The lowest BCUT2D eigenvalue weighted by Crippen LogP contribution is -2.39. The van der Waals surface area contributed by atoms with Crippen molar-refractivity contribution in [3.8, 4) is 0 Å². The van der Waals surface area contributed by atoms with E-state index in [9.17, 15) is 9.00 Å². The molecule has 1 N–H and O–H groups in total. The van der Waals surface area contributed by atoms with E-state index < -0.39 is 11.0 Å². The van der Waals surface area contributed by atoms with Gasteiger partial charge in [0.05, 0.1) is 4.83 Å². The molecular formula is C4H6BrNO2S. The Labute approximate surface area is 63.9 Å². The highest BCUT2D eigenvalue weighted by atomic mass is 79.9. The van der Waals surface area contributed by atoms with Crippen molar-refractivity contribution >= 4 is 32.8 Å². The van der Waals surface area contributed by atoms with Crippen molar-refractivity contribution in [3.63, 3.8) is 0 Å². The lowest BCUT2D eigenvalue weighted by molar-refractivity contribution is -0.118. The Balaban J connectivity index is 2.54. The standard InChI is InChI=1S/C4H6BrNO2S/c5-3-1-2-9(8)6-4(3)7/h3H,1-2H2,(H,6,7). The lowest BCUT2D eigenvalue weighted by Gasteiger charge is -2.14. The van der Waals surface area contributed by atoms with Crippen molar-refractivity contribution in [2.24, 2.45) is 0 Å². The highest BCUT2D eigenvalue weighted by Gasteiger charge is 2.22. The molecule has 52 valence electrons. The van der Waals surface area contributed by atoms with Crippen LogP contribution in [0, 0.1) is 0 Å². The van der Waals surface area contributed by atoms with Crippen LogP contribution in [0.4, 0.5) is 0 Å². The van der Waals surface area contributed by atoms with E-state index in [1.54, 1.807) is 0 Å². The zero-order valence-corrected chi connectivity index (χ0v) is 7.00. The van der Waals surface area contributed by atoms with Gasteiger partial charge < -0.3 is 0 Å². The van der Waals surface area contributed by atoms with E-state index in [2.05, 4.69) is 20.7 Å². The van der Waals surface area contributed by atoms with Gasteiger partial charge in [0.1, 0.15) is 11.0 Å². The van der Waals surface area contributed by atoms with Crippen LogP contribution in [0.1, 0.15) is 6.42 Å². The second kappa shape index (κ2) is 2.79. The Bertz CT molecular complexity index is 161. The Kier molecular flexibility index (Phi) is 2.23. The smallest absolute Gasteiger partial charge is 0.245 e. The first-order chi connectivity index (χ1) is 4.20. The van der Waals surface area contributed by atoms with Crippen LogP contribution < -0.4 is 4.72 Å². The van der Waals surface area contributed by atoms with E-state index in [0.29, 0.717) is 12.2 Å². The van der Waals surface area contributed by atoms with E-state index in [1.165, 1.54) is 0 Å². The van der Waals surface area contributed by atoms with Gasteiger partial charge in [-0.3, -0.25) is 9.52 Å². The normalized spacial score (nSPS) is 35.9. The number of nitrogens with one attached hydrogen (secondary N) is 1. The molecule has 1 aliphatic heterocycles. The molecule has 2 unspecified atom stereocenters. The van der Waals surface area contributed by atoms with Crippen molar-refractivity contribution in [2.75, 3.05) is 5.75 Å². The van der Waals surface area contributed by atoms with Crippen LogP contribution in [0.25, 0.3) is 0 Å². The summed E-state index contributed by atoms with van der Waals surface area (Å²) in [6.07, 6.45) is 0.665. The van der Waals surface area contributed by atoms with Crippen LogP contribution in [-0.4, -0.2) is 20.7 Å². The van der Waals surface area contributed by atoms with E-state index in [4.69, 9.17) is 0 Å². The van der Waals surface area contributed by atoms with Crippen LogP contribution in [0.3, 0.4) is 0 Å². The Hall–Kier alpha value is 0.1000. The van der Waals surface area contributed by atoms with Gasteiger partial charge in [-0.05, 0) is 6.42 Å². The number of carbonyl (C=O) groups excluding carboxylic acids is 1. The highest BCUT2D eigenvalue weighted by Crippen LogP contribution is 2.09. The molecule has 1 aliphatic rings. The van der Waals surface area contributed by atoms with Crippen LogP contribution in [0.5, 0.6) is 0 Å². The Morgan fingerprint density at radius 3 is 2.89 bits per heavy atom. The molecule has 0 saturated carbocycles. The van der Waals surface area contributed by atoms with E-state index in [-0.39, 0.29) is 10.7 Å². The van der Waals surface area contributed by atoms with Crippen LogP contribution in [0.15, 0.2) is 0 Å². The summed E-state index contributed by atoms with van der Waals surface area (Å²) in [5.74, 6) is 0.390. The maximum Gasteiger partial charge on any atom is 0.245 e. The van der Waals surface area contributed by atoms with Crippen LogP contribution in [-0.2, 0) is 15.8 Å². The molecule has 0 bridgehead atoms. The zero-order valence-electron chi connectivity index (χ0n) is 4.59. The minimum atomic E-state index is -1.12. The van der Waals surface area contributed by atoms with Gasteiger partial charge in [-0.25, -0.2) is 4.21 Å². The number of hydrogen-bond donors (Lipinski definition) is 1. The molecule has 2 atom stereocenters. The SMILES string of the molecule is O=C1NS(=O)CCC1Br. The molecule has 0 aromatic carbocycles. The fraction of sp³-hybridized carbons (Fsp3) is 0.750. The predicted octanol–water partition coefficient (Wildman–Crippen LogP) is -0.0665. The molecule has 0 radical (unpaired) electrons. The lowest BCUT2D eigenvalue weighted by atomic mass is 10.3. The number of halogens is 1. The van der Waals surface area contributed by atoms with Crippen molar-refractivity contribution < 1.29 is 9.00 Å². The topological polar surface area (TPSA) is 46.2 Å². The Morgan fingerprint density at radius 2 is 2.44 bits per heavy atom. The Morgan fingerprint density at radius 1 is 1.78 bits per heavy atom. The van der Waals surface area contributed by atoms with E-state index in [0.717, 1.165) is 0 Å². The van der Waals surface area contributed by atoms with Gasteiger partial charge in [0.15, 0.2) is 0 Å². The molecular weight excluding hydrogens is 206 g/mol. The van der Waals surface area contributed by atoms with Gasteiger partial charge in [0, 0.05) is 5.75 Å². The third kappa shape index (κ3) is 1.76. The quantitative estimate of drug-likeness (QED) is 0.571. The van der Waals surface area contributed by atoms with Gasteiger partial charge in [0.25, 0.3) is 0 Å². The van der Waals surface area contributed by atoms with E-state index >= 15 is 0 Å². The van der Waals surface area contributed by atoms with Crippen LogP contribution in [0.2, 0.25) is 0 Å². The van der Waals surface area contributed by atoms with Crippen molar-refractivity contribution in [3.05, 3.63) is 0 Å². The highest BCUT2D eigenvalue weighted by molar-refractivity contribution is 9.10. The maximum absolute atomic E-state index is 10.7. The maximum atomic E-state index is 10.7. The van der Waals surface area contributed by atoms with Gasteiger partial charge >= 0.3 is 0 Å². The molecule has 1 saturated heterocycles. The third-order valence-corrected chi connectivity index (χ3v) is 2.96. The average molecular weight is 212 g/mol. The summed E-state index contributed by atoms with van der Waals surface area (Å²) in [4.78, 5) is 10.5. The predicted molar refractivity (Wildman–Crippen MR) is 38.5 cm³/mol. The first kappa shape index (κ1) is 7.21. The summed E-state index contributed by atoms with van der Waals surface area (Å²) in [7, 11) is -1.12. The molecule has 0 aromatic rings. The van der Waals surface area contributed by atoms with Gasteiger partial charge in [-0.15, -0.1) is 0 Å². The van der Waals surface area contributed by atoms with Gasteiger partial charge in [-0.2, -0.15) is 0 Å². The van der Waals surface area contributed by atoms with Crippen molar-refractivity contribution in [2.45, 2.75) is 11.2 Å². The number of hydrogen-bond acceptors (Lipinski definition) is 2. The second-order valence-electron chi connectivity index (χ2n) is 1.77. The first-order valence-corrected chi connectivity index (χ1v) is 4.76. The molecule has 3 nitrogen and oxygen atoms in total. The van der Waals surface area contributed by atoms with Crippen LogP contribution >= 0.6 is 15.9 Å². The molecule has 9 heavy (non-hydrogen) atoms. The molecule has 1 amide bonds. The first-order valence-electron chi connectivity index (χ1n) is 2.53. The molecule has 1 rings (SSSR count). The minimum Gasteiger partial charge on any atom is -0.274 e. The molecule has 0 aromatic heterocycles. The fourth-order valence-electron chi connectivity index (χ4n) is 0.569. The van der Waals surface area contributed by atoms with Crippen molar-refractivity contribution in [1.82, 2.24) is 4.72 Å². The largest absolute Gasteiger partial charge is 0.274 e. The van der Waals surface area contributed by atoms with E-state index in [1.807, 2.05) is 0 Å². The number of carbonyl (C=O) groups is 1. The molecule has 1 heterocycles. The number of amides is 1. The molecule has 1 fully saturated rings. The summed E-state index contributed by atoms with van der Waals surface area (Å²) in [5, 5.41) is 0. The molecule has 0 aliphatic carbocycles. The molecule has 0 spiro atoms. The summed E-state index contributed by atoms with van der Waals surface area (Å²) < 4.78 is 12.9. The number of alkyl halides is 1. The average Bonchev–Trinajstić information content (AvgIpc) is 1.80. The van der Waals surface area contributed by atoms with Gasteiger partial charge in [-0.1, -0.05) is 15.9 Å². The van der Waals surface area contributed by atoms with Gasteiger partial charge in [0.2, 0.25) is 5.91 Å². The summed E-state index contributed by atoms with van der Waals surface area (Å²) in [6, 6.07) is 0. The molecule has 5 heteroatoms. The summed E-state index contributed by atoms with van der Waals surface area (Å²) in [5.41, 5.74) is 0. The second-order valence-corrected chi connectivity index (χ2v) is 4.18. The third-order valence-electron chi connectivity index (χ3n) is 1.06. The number of rotatable bonds is 0. The summed E-state index contributed by atoms with van der Waals surface area (Å²) in [6.45, 7) is 0. The van der Waals surface area contributed by atoms with Crippen molar-refractivity contribution in [1.29, 1.82) is 0 Å². The summed E-state index contributed by atoms with van der Waals surface area (Å²) >= 11 is 3.13. The fourth-order valence-corrected chi connectivity index (χ4v) is 2.29. The minimum absolute atomic E-state index is 0.143.